The monoisotopic (exact) mass is 666 g/mol. The van der Waals surface area contributed by atoms with Crippen LogP contribution in [0.15, 0.2) is 73.1 Å². The number of hydrogen-bond acceptors (Lipinski definition) is 6. The molecule has 6 rings (SSSR count). The molecule has 0 aliphatic heterocycles. The van der Waals surface area contributed by atoms with E-state index < -0.39 is 11.8 Å². The number of aliphatic hydroxyl groups is 1. The average Bonchev–Trinajstić information content (AvgIpc) is 3.64. The highest BCUT2D eigenvalue weighted by molar-refractivity contribution is 5.94. The first-order valence-corrected chi connectivity index (χ1v) is 16.5. The van der Waals surface area contributed by atoms with Gasteiger partial charge in [0, 0.05) is 22.9 Å². The largest absolute Gasteiger partial charge is 0.481 e. The summed E-state index contributed by atoms with van der Waals surface area (Å²) in [7, 11) is 2.84. The molecule has 0 fully saturated rings. The van der Waals surface area contributed by atoms with Gasteiger partial charge in [0.15, 0.2) is 0 Å². The quantitative estimate of drug-likeness (QED) is 0.198. The van der Waals surface area contributed by atoms with E-state index in [1.54, 1.807) is 30.3 Å². The number of aliphatic hydroxyl groups excluding tert-OH is 1. The second-order valence-electron chi connectivity index (χ2n) is 13.9. The Kier molecular flexibility index (Phi) is 10.5. The molecular formula is C41H44F2N2O4. The fraction of sp³-hybridized carbons (Fsp3) is 0.341. The standard InChI is InChI=1S/C21H22FNO3.C20H22FNO/c1-21(2)9-5-6-17(21)15-10-13(20(24)26-4)7-8-14(15)16-11-19(25-3)23-12-18(16)22;1-13-9-17(19(21)11-22-13)15-7-6-14(12-23)10-16(15)18-5-4-8-20(18,2)3/h6-8,10-12H,5,9H2,1-4H3;5-7,9-11,23H,4,8,12H2,1-3H3. The highest BCUT2D eigenvalue weighted by Crippen LogP contribution is 2.48. The van der Waals surface area contributed by atoms with Gasteiger partial charge in [-0.3, -0.25) is 4.98 Å². The number of pyridine rings is 2. The Morgan fingerprint density at radius 2 is 1.31 bits per heavy atom. The van der Waals surface area contributed by atoms with Crippen LogP contribution < -0.4 is 4.74 Å². The molecule has 0 unspecified atom stereocenters. The molecule has 0 amide bonds. The third-order valence-corrected chi connectivity index (χ3v) is 9.59. The van der Waals surface area contributed by atoms with Gasteiger partial charge in [-0.1, -0.05) is 58.0 Å². The number of esters is 1. The fourth-order valence-corrected chi connectivity index (χ4v) is 6.81. The number of aromatic nitrogens is 2. The minimum atomic E-state index is -0.436. The number of methoxy groups -OCH3 is 2. The van der Waals surface area contributed by atoms with Crippen molar-refractivity contribution in [3.05, 3.63) is 113 Å². The van der Waals surface area contributed by atoms with Crippen LogP contribution in [0.25, 0.3) is 33.4 Å². The lowest BCUT2D eigenvalue weighted by Gasteiger charge is -2.25. The summed E-state index contributed by atoms with van der Waals surface area (Å²) in [6.45, 7) is 10.6. The molecule has 0 bridgehead atoms. The molecule has 2 aliphatic rings. The van der Waals surface area contributed by atoms with E-state index in [1.165, 1.54) is 26.0 Å². The van der Waals surface area contributed by atoms with Crippen LogP contribution in [0.4, 0.5) is 8.78 Å². The molecule has 2 heterocycles. The second-order valence-corrected chi connectivity index (χ2v) is 13.9. The van der Waals surface area contributed by atoms with E-state index in [4.69, 9.17) is 9.47 Å². The summed E-state index contributed by atoms with van der Waals surface area (Å²) in [6, 6.07) is 14.3. The van der Waals surface area contributed by atoms with E-state index in [1.807, 2.05) is 25.1 Å². The van der Waals surface area contributed by atoms with E-state index >= 15 is 0 Å². The van der Waals surface area contributed by atoms with Crippen molar-refractivity contribution in [2.75, 3.05) is 14.2 Å². The number of benzene rings is 2. The first-order chi connectivity index (χ1) is 23.3. The Balaban J connectivity index is 0.000000192. The molecule has 0 saturated heterocycles. The van der Waals surface area contributed by atoms with Crippen molar-refractivity contribution in [2.45, 2.75) is 66.9 Å². The highest BCUT2D eigenvalue weighted by atomic mass is 19.1. The number of rotatable bonds is 7. The third kappa shape index (κ3) is 7.49. The number of halogens is 2. The SMILES string of the molecule is COC(=O)c1ccc(-c2cc(OC)ncc2F)c(C2=CCCC2(C)C)c1.Cc1cc(-c2ccc(CO)cc2C2=CCCC2(C)C)c(F)cn1. The zero-order valence-electron chi connectivity index (χ0n) is 29.3. The summed E-state index contributed by atoms with van der Waals surface area (Å²) in [5.41, 5.74) is 8.80. The smallest absolute Gasteiger partial charge is 0.337 e. The van der Waals surface area contributed by atoms with Crippen LogP contribution in [-0.2, 0) is 11.3 Å². The van der Waals surface area contributed by atoms with Gasteiger partial charge >= 0.3 is 5.97 Å². The van der Waals surface area contributed by atoms with Gasteiger partial charge in [-0.05, 0) is 107 Å². The molecule has 0 radical (unpaired) electrons. The van der Waals surface area contributed by atoms with Crippen molar-refractivity contribution >= 4 is 17.1 Å². The maximum absolute atomic E-state index is 14.5. The molecule has 0 saturated carbocycles. The van der Waals surface area contributed by atoms with Gasteiger partial charge in [0.05, 0.1) is 38.8 Å². The molecule has 2 aromatic heterocycles. The van der Waals surface area contributed by atoms with Crippen LogP contribution in [0.2, 0.25) is 0 Å². The minimum absolute atomic E-state index is 0.0150. The van der Waals surface area contributed by atoms with Gasteiger partial charge in [0.25, 0.3) is 0 Å². The molecule has 2 aliphatic carbocycles. The van der Waals surface area contributed by atoms with Crippen LogP contribution in [0, 0.1) is 29.4 Å². The van der Waals surface area contributed by atoms with Gasteiger partial charge in [-0.2, -0.15) is 0 Å². The van der Waals surface area contributed by atoms with Gasteiger partial charge in [-0.15, -0.1) is 0 Å². The molecule has 256 valence electrons. The van der Waals surface area contributed by atoms with E-state index in [9.17, 15) is 18.7 Å². The van der Waals surface area contributed by atoms with Crippen molar-refractivity contribution in [1.82, 2.24) is 9.97 Å². The summed E-state index contributed by atoms with van der Waals surface area (Å²) in [5, 5.41) is 9.49. The van der Waals surface area contributed by atoms with Crippen molar-refractivity contribution in [3.63, 3.8) is 0 Å². The van der Waals surface area contributed by atoms with Gasteiger partial charge in [-0.25, -0.2) is 18.6 Å². The number of allylic oxidation sites excluding steroid dienone is 4. The number of nitrogens with zero attached hydrogens (tertiary/aromatic N) is 2. The zero-order valence-corrected chi connectivity index (χ0v) is 29.3. The van der Waals surface area contributed by atoms with Crippen molar-refractivity contribution in [2.24, 2.45) is 10.8 Å². The van der Waals surface area contributed by atoms with Gasteiger partial charge < -0.3 is 14.6 Å². The lowest BCUT2D eigenvalue weighted by atomic mass is 9.79. The zero-order chi connectivity index (χ0) is 35.5. The number of hydrogen-bond donors (Lipinski definition) is 1. The topological polar surface area (TPSA) is 81.5 Å². The Morgan fingerprint density at radius 1 is 0.755 bits per heavy atom. The molecule has 1 N–H and O–H groups in total. The summed E-state index contributed by atoms with van der Waals surface area (Å²) >= 11 is 0. The number of aryl methyl sites for hydroxylation is 1. The molecule has 2 aromatic carbocycles. The molecule has 0 spiro atoms. The summed E-state index contributed by atoms with van der Waals surface area (Å²) in [4.78, 5) is 19.9. The Bertz CT molecular complexity index is 1940. The molecule has 49 heavy (non-hydrogen) atoms. The van der Waals surface area contributed by atoms with Crippen LogP contribution in [-0.4, -0.2) is 35.3 Å². The van der Waals surface area contributed by atoms with E-state index in [2.05, 4.69) is 49.8 Å². The van der Waals surface area contributed by atoms with Crippen molar-refractivity contribution in [1.29, 1.82) is 0 Å². The van der Waals surface area contributed by atoms with Gasteiger partial charge in [0.2, 0.25) is 5.88 Å². The van der Waals surface area contributed by atoms with E-state index in [-0.39, 0.29) is 23.3 Å². The summed E-state index contributed by atoms with van der Waals surface area (Å²) in [5.74, 6) is -0.828. The van der Waals surface area contributed by atoms with Crippen molar-refractivity contribution in [3.8, 4) is 28.1 Å². The maximum atomic E-state index is 14.5. The normalized spacial score (nSPS) is 16.0. The van der Waals surface area contributed by atoms with Gasteiger partial charge in [0.1, 0.15) is 11.6 Å². The molecule has 6 nitrogen and oxygen atoms in total. The molecule has 8 heteroatoms. The predicted octanol–water partition coefficient (Wildman–Crippen LogP) is 9.78. The predicted molar refractivity (Wildman–Crippen MR) is 190 cm³/mol. The Morgan fingerprint density at radius 3 is 1.84 bits per heavy atom. The summed E-state index contributed by atoms with van der Waals surface area (Å²) in [6.07, 6.45) is 10.9. The molecular weight excluding hydrogens is 622 g/mol. The average molecular weight is 667 g/mol. The van der Waals surface area contributed by atoms with E-state index in [0.717, 1.165) is 65.4 Å². The Labute approximate surface area is 287 Å². The van der Waals surface area contributed by atoms with Crippen molar-refractivity contribution < 1.29 is 28.2 Å². The lowest BCUT2D eigenvalue weighted by molar-refractivity contribution is 0.0600. The van der Waals surface area contributed by atoms with E-state index in [0.29, 0.717) is 28.1 Å². The third-order valence-electron chi connectivity index (χ3n) is 9.59. The van der Waals surface area contributed by atoms with Crippen LogP contribution in [0.1, 0.15) is 86.1 Å². The number of ether oxygens (including phenoxy) is 2. The second kappa shape index (κ2) is 14.4. The molecule has 0 atom stereocenters. The number of carbonyl (C=O) groups is 1. The van der Waals surface area contributed by atoms with Crippen LogP contribution in [0.3, 0.4) is 0 Å². The molecule has 4 aromatic rings. The highest BCUT2D eigenvalue weighted by Gasteiger charge is 2.32. The number of carbonyl (C=O) groups excluding carboxylic acids is 1. The first kappa shape index (κ1) is 35.6. The minimum Gasteiger partial charge on any atom is -0.481 e. The summed E-state index contributed by atoms with van der Waals surface area (Å²) < 4.78 is 38.9. The van der Waals surface area contributed by atoms with Crippen LogP contribution in [0.5, 0.6) is 5.88 Å². The fourth-order valence-electron chi connectivity index (χ4n) is 6.81. The lowest BCUT2D eigenvalue weighted by Crippen LogP contribution is -2.11. The first-order valence-electron chi connectivity index (χ1n) is 16.5. The van der Waals surface area contributed by atoms with Crippen LogP contribution >= 0.6 is 0 Å². The maximum Gasteiger partial charge on any atom is 0.337 e. The Hall–Kier alpha value is -4.69.